The van der Waals surface area contributed by atoms with E-state index in [0.717, 1.165) is 18.8 Å². The van der Waals surface area contributed by atoms with E-state index in [2.05, 4.69) is 27.5 Å². The maximum Gasteiger partial charge on any atom is 0.145 e. The predicted octanol–water partition coefficient (Wildman–Crippen LogP) is 3.50. The summed E-state index contributed by atoms with van der Waals surface area (Å²) in [6.45, 7) is 4.75. The lowest BCUT2D eigenvalue weighted by Gasteiger charge is -2.12. The summed E-state index contributed by atoms with van der Waals surface area (Å²) >= 11 is 0. The summed E-state index contributed by atoms with van der Waals surface area (Å²) in [6, 6.07) is 6.12. The van der Waals surface area contributed by atoms with Gasteiger partial charge in [0.2, 0.25) is 0 Å². The number of nitrogens with one attached hydrogen (secondary N) is 2. The lowest BCUT2D eigenvalue weighted by Crippen LogP contribution is -2.06. The zero-order valence-corrected chi connectivity index (χ0v) is 12.4. The SMILES string of the molecule is CCCNc1cc(Nc2ccc(F)cc2OC)nc(C)n1. The molecule has 1 aromatic carbocycles. The van der Waals surface area contributed by atoms with Crippen molar-refractivity contribution in [2.45, 2.75) is 20.3 Å². The Labute approximate surface area is 123 Å². The fraction of sp³-hybridized carbons (Fsp3) is 0.333. The lowest BCUT2D eigenvalue weighted by molar-refractivity contribution is 0.413. The van der Waals surface area contributed by atoms with Gasteiger partial charge in [-0.3, -0.25) is 0 Å². The number of ether oxygens (including phenoxy) is 1. The van der Waals surface area contributed by atoms with Gasteiger partial charge in [-0.15, -0.1) is 0 Å². The fourth-order valence-corrected chi connectivity index (χ4v) is 1.88. The molecule has 0 amide bonds. The number of halogens is 1. The topological polar surface area (TPSA) is 59.1 Å². The van der Waals surface area contributed by atoms with Gasteiger partial charge in [0.05, 0.1) is 12.8 Å². The van der Waals surface area contributed by atoms with E-state index < -0.39 is 0 Å². The molecule has 2 N–H and O–H groups in total. The highest BCUT2D eigenvalue weighted by Crippen LogP contribution is 2.28. The van der Waals surface area contributed by atoms with Crippen LogP contribution in [0.15, 0.2) is 24.3 Å². The number of hydrogen-bond donors (Lipinski definition) is 2. The van der Waals surface area contributed by atoms with E-state index in [1.165, 1.54) is 19.2 Å². The Morgan fingerprint density at radius 1 is 1.19 bits per heavy atom. The summed E-state index contributed by atoms with van der Waals surface area (Å²) in [5.41, 5.74) is 0.651. The van der Waals surface area contributed by atoms with Crippen LogP contribution in [0, 0.1) is 12.7 Å². The van der Waals surface area contributed by atoms with Crippen molar-refractivity contribution in [3.63, 3.8) is 0 Å². The second-order valence-corrected chi connectivity index (χ2v) is 4.58. The van der Waals surface area contributed by atoms with Gasteiger partial charge in [0.15, 0.2) is 0 Å². The first-order chi connectivity index (χ1) is 10.1. The van der Waals surface area contributed by atoms with E-state index in [-0.39, 0.29) is 5.82 Å². The molecule has 0 unspecified atom stereocenters. The number of anilines is 3. The third kappa shape index (κ3) is 4.05. The van der Waals surface area contributed by atoms with Gasteiger partial charge in [0.1, 0.15) is 29.0 Å². The molecule has 6 heteroatoms. The summed E-state index contributed by atoms with van der Waals surface area (Å²) in [4.78, 5) is 8.64. The third-order valence-electron chi connectivity index (χ3n) is 2.82. The molecule has 5 nitrogen and oxygen atoms in total. The van der Waals surface area contributed by atoms with Gasteiger partial charge in [0.25, 0.3) is 0 Å². The molecule has 0 bridgehead atoms. The minimum atomic E-state index is -0.346. The highest BCUT2D eigenvalue weighted by molar-refractivity contribution is 5.65. The van der Waals surface area contributed by atoms with Crippen molar-refractivity contribution < 1.29 is 9.13 Å². The quantitative estimate of drug-likeness (QED) is 0.852. The summed E-state index contributed by atoms with van der Waals surface area (Å²) in [5.74, 6) is 2.12. The third-order valence-corrected chi connectivity index (χ3v) is 2.82. The number of hydrogen-bond acceptors (Lipinski definition) is 5. The standard InChI is InChI=1S/C15H19FN4O/c1-4-7-17-14-9-15(19-10(2)18-14)20-12-6-5-11(16)8-13(12)21-3/h5-6,8-9H,4,7H2,1-3H3,(H2,17,18,19,20). The molecule has 0 radical (unpaired) electrons. The Morgan fingerprint density at radius 2 is 1.95 bits per heavy atom. The van der Waals surface area contributed by atoms with Gasteiger partial charge in [-0.2, -0.15) is 0 Å². The van der Waals surface area contributed by atoms with Crippen molar-refractivity contribution in [1.82, 2.24) is 9.97 Å². The van der Waals surface area contributed by atoms with E-state index in [1.807, 2.05) is 13.0 Å². The predicted molar refractivity (Wildman–Crippen MR) is 81.8 cm³/mol. The molecule has 0 spiro atoms. The van der Waals surface area contributed by atoms with Crippen LogP contribution in [-0.2, 0) is 0 Å². The zero-order chi connectivity index (χ0) is 15.2. The molecule has 0 saturated carbocycles. The number of nitrogens with zero attached hydrogens (tertiary/aromatic N) is 2. The Kier molecular flexibility index (Phi) is 4.92. The molecule has 2 rings (SSSR count). The van der Waals surface area contributed by atoms with E-state index >= 15 is 0 Å². The molecular weight excluding hydrogens is 271 g/mol. The fourth-order valence-electron chi connectivity index (χ4n) is 1.88. The van der Waals surface area contributed by atoms with Gasteiger partial charge in [-0.25, -0.2) is 14.4 Å². The first-order valence-electron chi connectivity index (χ1n) is 6.82. The summed E-state index contributed by atoms with van der Waals surface area (Å²) in [6.07, 6.45) is 1.01. The monoisotopic (exact) mass is 290 g/mol. The molecular formula is C15H19FN4O. The maximum atomic E-state index is 13.2. The van der Waals surface area contributed by atoms with Gasteiger partial charge in [0, 0.05) is 18.7 Å². The zero-order valence-electron chi connectivity index (χ0n) is 12.4. The van der Waals surface area contributed by atoms with Crippen molar-refractivity contribution in [1.29, 1.82) is 0 Å². The molecule has 0 aliphatic carbocycles. The molecule has 0 aliphatic heterocycles. The van der Waals surface area contributed by atoms with E-state index in [4.69, 9.17) is 4.74 Å². The maximum absolute atomic E-state index is 13.2. The molecule has 1 aromatic heterocycles. The second kappa shape index (κ2) is 6.88. The van der Waals surface area contributed by atoms with Crippen molar-refractivity contribution in [3.8, 4) is 5.75 Å². The second-order valence-electron chi connectivity index (χ2n) is 4.58. The van der Waals surface area contributed by atoms with Crippen LogP contribution in [0.1, 0.15) is 19.2 Å². The van der Waals surface area contributed by atoms with E-state index in [9.17, 15) is 4.39 Å². The Bertz CT molecular complexity index is 619. The van der Waals surface area contributed by atoms with Crippen molar-refractivity contribution in [2.75, 3.05) is 24.3 Å². The highest BCUT2D eigenvalue weighted by atomic mass is 19.1. The van der Waals surface area contributed by atoms with E-state index in [1.54, 1.807) is 6.07 Å². The number of aromatic nitrogens is 2. The summed E-state index contributed by atoms with van der Waals surface area (Å²) < 4.78 is 18.4. The molecule has 1 heterocycles. The molecule has 2 aromatic rings. The highest BCUT2D eigenvalue weighted by Gasteiger charge is 2.07. The van der Waals surface area contributed by atoms with Crippen molar-refractivity contribution in [3.05, 3.63) is 35.9 Å². The van der Waals surface area contributed by atoms with Crippen LogP contribution in [0.4, 0.5) is 21.7 Å². The minimum absolute atomic E-state index is 0.346. The molecule has 0 fully saturated rings. The van der Waals surface area contributed by atoms with Gasteiger partial charge in [-0.05, 0) is 25.5 Å². The summed E-state index contributed by atoms with van der Waals surface area (Å²) in [7, 11) is 1.50. The van der Waals surface area contributed by atoms with Crippen molar-refractivity contribution >= 4 is 17.3 Å². The van der Waals surface area contributed by atoms with Crippen LogP contribution in [-0.4, -0.2) is 23.6 Å². The van der Waals surface area contributed by atoms with Gasteiger partial charge >= 0.3 is 0 Å². The largest absolute Gasteiger partial charge is 0.494 e. The normalized spacial score (nSPS) is 10.3. The van der Waals surface area contributed by atoms with Crippen LogP contribution in [0.5, 0.6) is 5.75 Å². The summed E-state index contributed by atoms with van der Waals surface area (Å²) in [5, 5.41) is 6.34. The van der Waals surface area contributed by atoms with Gasteiger partial charge < -0.3 is 15.4 Å². The van der Waals surface area contributed by atoms with E-state index in [0.29, 0.717) is 23.1 Å². The molecule has 112 valence electrons. The number of aryl methyl sites for hydroxylation is 1. The number of benzene rings is 1. The average molecular weight is 290 g/mol. The first-order valence-corrected chi connectivity index (χ1v) is 6.82. The molecule has 0 saturated heterocycles. The number of rotatable bonds is 6. The molecule has 0 aliphatic rings. The minimum Gasteiger partial charge on any atom is -0.494 e. The van der Waals surface area contributed by atoms with Crippen LogP contribution in [0.3, 0.4) is 0 Å². The Balaban J connectivity index is 2.24. The molecule has 0 atom stereocenters. The van der Waals surface area contributed by atoms with Crippen LogP contribution >= 0.6 is 0 Å². The van der Waals surface area contributed by atoms with Crippen LogP contribution in [0.2, 0.25) is 0 Å². The molecule has 21 heavy (non-hydrogen) atoms. The average Bonchev–Trinajstić information content (AvgIpc) is 2.46. The first kappa shape index (κ1) is 15.0. The smallest absolute Gasteiger partial charge is 0.145 e. The number of methoxy groups -OCH3 is 1. The lowest BCUT2D eigenvalue weighted by atomic mass is 10.3. The Morgan fingerprint density at radius 3 is 2.67 bits per heavy atom. The van der Waals surface area contributed by atoms with Gasteiger partial charge in [-0.1, -0.05) is 6.92 Å². The Hall–Kier alpha value is -2.37. The van der Waals surface area contributed by atoms with Crippen LogP contribution in [0.25, 0.3) is 0 Å². The van der Waals surface area contributed by atoms with Crippen molar-refractivity contribution in [2.24, 2.45) is 0 Å². The van der Waals surface area contributed by atoms with Crippen LogP contribution < -0.4 is 15.4 Å².